The fourth-order valence-electron chi connectivity index (χ4n) is 0. The van der Waals surface area contributed by atoms with E-state index in [1.54, 1.807) is 0 Å². The molecule has 0 fully saturated rings. The van der Waals surface area contributed by atoms with Gasteiger partial charge in [0.2, 0.25) is 0 Å². The van der Waals surface area contributed by atoms with Crippen LogP contribution in [0.25, 0.3) is 0 Å². The van der Waals surface area contributed by atoms with Crippen molar-refractivity contribution in [3.63, 3.8) is 0 Å². The van der Waals surface area contributed by atoms with Gasteiger partial charge >= 0.3 is 4.70 Å². The fraction of sp³-hybridized carbons (Fsp3) is 0. The minimum atomic E-state index is -0.889. The topological polar surface area (TPSA) is 17.1 Å². The number of rotatable bonds is 0. The molecule has 0 radical (unpaired) electrons. The molecule has 1 nitrogen and oxygen atoms in total. The molecule has 0 spiro atoms. The van der Waals surface area contributed by atoms with Crippen molar-refractivity contribution < 1.29 is 4.79 Å². The van der Waals surface area contributed by atoms with Gasteiger partial charge in [0.1, 0.15) is 8.98 Å². The Morgan fingerprint density at radius 2 is 0.800 bits per heavy atom. The van der Waals surface area contributed by atoms with E-state index in [1.807, 2.05) is 0 Å². The lowest BCUT2D eigenvalue weighted by Crippen LogP contribution is -1.47. The molecule has 0 aliphatic rings. The number of hydrogen-bond acceptors (Lipinski definition) is 1. The van der Waals surface area contributed by atoms with Crippen LogP contribution in [-0.2, 0) is 0 Å². The second-order valence-corrected chi connectivity index (χ2v) is 3.53. The molecular formula is C3Cl6O. The largest absolute Gasteiger partial charge is 0.313 e. The van der Waals surface area contributed by atoms with E-state index in [0.717, 1.165) is 0 Å². The van der Waals surface area contributed by atoms with Gasteiger partial charge in [0.25, 0.3) is 0 Å². The molecule has 0 aromatic rings. The van der Waals surface area contributed by atoms with Gasteiger partial charge in [-0.05, 0) is 23.2 Å². The average molecular weight is 265 g/mol. The van der Waals surface area contributed by atoms with Crippen molar-refractivity contribution in [1.82, 2.24) is 0 Å². The van der Waals surface area contributed by atoms with Crippen LogP contribution < -0.4 is 0 Å². The predicted octanol–water partition coefficient (Wildman–Crippen LogP) is 4.65. The van der Waals surface area contributed by atoms with Gasteiger partial charge in [-0.2, -0.15) is 0 Å². The summed E-state index contributed by atoms with van der Waals surface area (Å²) in [4.78, 5) is 8.98. The van der Waals surface area contributed by atoms with Crippen LogP contribution in [0.5, 0.6) is 0 Å². The summed E-state index contributed by atoms with van der Waals surface area (Å²) in [6.07, 6.45) is 0. The molecule has 0 saturated heterocycles. The molecule has 0 N–H and O–H groups in total. The maximum atomic E-state index is 8.98. The number of halogens is 6. The number of hydrogen-bond donors (Lipinski definition) is 0. The highest BCUT2D eigenvalue weighted by molar-refractivity contribution is 6.93. The monoisotopic (exact) mass is 262 g/mol. The maximum Gasteiger partial charge on any atom is 0.313 e. The Hall–Kier alpha value is 1.15. The van der Waals surface area contributed by atoms with E-state index in [9.17, 15) is 0 Å². The van der Waals surface area contributed by atoms with Gasteiger partial charge in [-0.25, -0.2) is 0 Å². The summed E-state index contributed by atoms with van der Waals surface area (Å²) in [6.45, 7) is 0. The van der Waals surface area contributed by atoms with E-state index in [1.165, 1.54) is 0 Å². The smallest absolute Gasteiger partial charge is 0.262 e. The van der Waals surface area contributed by atoms with Crippen LogP contribution in [0.4, 0.5) is 4.79 Å². The second-order valence-electron chi connectivity index (χ2n) is 0.747. The van der Waals surface area contributed by atoms with Crippen molar-refractivity contribution in [2.45, 2.75) is 0 Å². The molecule has 0 heterocycles. The molecule has 0 aromatic heterocycles. The molecule has 0 saturated carbocycles. The van der Waals surface area contributed by atoms with Crippen molar-refractivity contribution in [2.24, 2.45) is 0 Å². The van der Waals surface area contributed by atoms with Gasteiger partial charge in [-0.1, -0.05) is 46.4 Å². The molecule has 0 rings (SSSR count). The van der Waals surface area contributed by atoms with Gasteiger partial charge in [0.05, 0.1) is 0 Å². The minimum Gasteiger partial charge on any atom is -0.262 e. The lowest BCUT2D eigenvalue weighted by Gasteiger charge is -1.75. The molecule has 7 heteroatoms. The Kier molecular flexibility index (Phi) is 11.3. The summed E-state index contributed by atoms with van der Waals surface area (Å²) >= 11 is 28.8. The van der Waals surface area contributed by atoms with Crippen molar-refractivity contribution >= 4 is 74.3 Å². The van der Waals surface area contributed by atoms with E-state index in [2.05, 4.69) is 23.2 Å². The highest BCUT2D eigenvalue weighted by Crippen LogP contribution is 2.20. The first-order valence-corrected chi connectivity index (χ1v) is 3.86. The lowest BCUT2D eigenvalue weighted by atomic mass is 11.2. The van der Waals surface area contributed by atoms with Crippen LogP contribution in [0, 0.1) is 0 Å². The molecule has 0 aromatic carbocycles. The zero-order chi connectivity index (χ0) is 8.73. The standard InChI is InChI=1S/C2Cl4.CCl2O/c3-1(4)2(5)6;2-1(3)4. The van der Waals surface area contributed by atoms with Gasteiger partial charge in [-0.15, -0.1) is 0 Å². The first-order chi connectivity index (χ1) is 4.37. The van der Waals surface area contributed by atoms with Crippen LogP contribution in [0.3, 0.4) is 0 Å². The van der Waals surface area contributed by atoms with E-state index >= 15 is 0 Å². The average Bonchev–Trinajstić information content (AvgIpc) is 1.63. The third kappa shape index (κ3) is 22.9. The predicted molar refractivity (Wildman–Crippen MR) is 47.5 cm³/mol. The summed E-state index contributed by atoms with van der Waals surface area (Å²) in [7, 11) is 0. The summed E-state index contributed by atoms with van der Waals surface area (Å²) in [5.74, 6) is 0. The second kappa shape index (κ2) is 8.25. The zero-order valence-electron chi connectivity index (χ0n) is 4.18. The Labute approximate surface area is 87.8 Å². The van der Waals surface area contributed by atoms with Crippen LogP contribution >= 0.6 is 69.6 Å². The molecule has 0 atom stereocenters. The van der Waals surface area contributed by atoms with E-state index in [0.29, 0.717) is 0 Å². The lowest BCUT2D eigenvalue weighted by molar-refractivity contribution is 0.275. The first-order valence-electron chi connectivity index (χ1n) is 1.59. The molecule has 0 amide bonds. The highest BCUT2D eigenvalue weighted by Gasteiger charge is 1.88. The Bertz CT molecular complexity index is 118. The van der Waals surface area contributed by atoms with Crippen molar-refractivity contribution in [2.75, 3.05) is 0 Å². The van der Waals surface area contributed by atoms with E-state index < -0.39 is 4.70 Å². The Morgan fingerprint density at radius 1 is 0.700 bits per heavy atom. The molecule has 0 unspecified atom stereocenters. The van der Waals surface area contributed by atoms with Crippen molar-refractivity contribution in [3.8, 4) is 0 Å². The summed E-state index contributed by atoms with van der Waals surface area (Å²) in [5.41, 5.74) is 0. The number of carbonyl (C=O) groups is 1. The summed E-state index contributed by atoms with van der Waals surface area (Å²) < 4.78 is -1.09. The molecule has 0 bridgehead atoms. The van der Waals surface area contributed by atoms with Gasteiger partial charge in [0.15, 0.2) is 0 Å². The SMILES string of the molecule is ClC(Cl)=C(Cl)Cl.O=C(Cl)Cl. The van der Waals surface area contributed by atoms with Crippen LogP contribution in [-0.4, -0.2) is 4.70 Å². The fourth-order valence-corrected chi connectivity index (χ4v) is 0. The van der Waals surface area contributed by atoms with Gasteiger partial charge < -0.3 is 0 Å². The third-order valence-electron chi connectivity index (χ3n) is 0.143. The van der Waals surface area contributed by atoms with Crippen LogP contribution in [0.1, 0.15) is 0 Å². The van der Waals surface area contributed by atoms with Crippen molar-refractivity contribution in [1.29, 1.82) is 0 Å². The summed E-state index contributed by atoms with van der Waals surface area (Å²) in [6, 6.07) is 0. The molecule has 60 valence electrons. The van der Waals surface area contributed by atoms with Crippen LogP contribution in [0.15, 0.2) is 8.98 Å². The molecule has 0 aliphatic heterocycles. The molecule has 0 aliphatic carbocycles. The Morgan fingerprint density at radius 3 is 0.800 bits per heavy atom. The molecule has 10 heavy (non-hydrogen) atoms. The quantitative estimate of drug-likeness (QED) is 0.582. The van der Waals surface area contributed by atoms with E-state index in [4.69, 9.17) is 51.2 Å². The maximum absolute atomic E-state index is 8.98. The first kappa shape index (κ1) is 13.7. The number of carbonyl (C=O) groups excluding carboxylic acids is 1. The Balaban J connectivity index is 0. The van der Waals surface area contributed by atoms with E-state index in [-0.39, 0.29) is 8.98 Å². The van der Waals surface area contributed by atoms with Crippen LogP contribution in [0.2, 0.25) is 0 Å². The summed E-state index contributed by atoms with van der Waals surface area (Å²) in [5, 5.41) is 0. The van der Waals surface area contributed by atoms with Crippen molar-refractivity contribution in [3.05, 3.63) is 8.98 Å². The van der Waals surface area contributed by atoms with Gasteiger partial charge in [-0.3, -0.25) is 4.79 Å². The minimum absolute atomic E-state index is 0.0988. The third-order valence-corrected chi connectivity index (χ3v) is 1.29. The molecular weight excluding hydrogens is 265 g/mol. The zero-order valence-corrected chi connectivity index (χ0v) is 8.71. The highest BCUT2D eigenvalue weighted by atomic mass is 35.5. The van der Waals surface area contributed by atoms with Gasteiger partial charge in [0, 0.05) is 0 Å². The normalized spacial score (nSPS) is 7.40.